The molecule has 0 saturated carbocycles. The number of halogens is 1. The molecule has 10 heteroatoms. The first kappa shape index (κ1) is 28.0. The molecule has 1 atom stereocenters. The van der Waals surface area contributed by atoms with Gasteiger partial charge < -0.3 is 9.84 Å². The number of thiazole rings is 1. The molecule has 0 aliphatic heterocycles. The Balaban J connectivity index is 1.53. The van der Waals surface area contributed by atoms with E-state index < -0.39 is 17.7 Å². The maximum absolute atomic E-state index is 12.6. The second-order valence-electron chi connectivity index (χ2n) is 11.1. The minimum atomic E-state index is -1.18. The molecule has 0 aliphatic rings. The lowest BCUT2D eigenvalue weighted by Crippen LogP contribution is -2.28. The molecule has 0 saturated heterocycles. The minimum Gasteiger partial charge on any atom is -0.479 e. The highest BCUT2D eigenvalue weighted by atomic mass is 35.5. The Morgan fingerprint density at radius 1 is 1.02 bits per heavy atom. The van der Waals surface area contributed by atoms with Gasteiger partial charge in [0.25, 0.3) is 0 Å². The SMILES string of the molecule is Cc1cc2nc(-c3cc(-c4ccc5c(cnn5C)c4)ncn3)sc2c(-c2ccc(Cl)cc2)c1[C@H](OC(C)(C)C)C(=O)O. The lowest BCUT2D eigenvalue weighted by molar-refractivity contribution is -0.160. The van der Waals surface area contributed by atoms with E-state index in [4.69, 9.17) is 21.3 Å². The largest absolute Gasteiger partial charge is 0.479 e. The van der Waals surface area contributed by atoms with Crippen LogP contribution in [0.2, 0.25) is 5.02 Å². The van der Waals surface area contributed by atoms with E-state index in [1.165, 1.54) is 11.3 Å². The van der Waals surface area contributed by atoms with E-state index in [1.54, 1.807) is 18.5 Å². The van der Waals surface area contributed by atoms with Crippen LogP contribution in [-0.2, 0) is 16.6 Å². The van der Waals surface area contributed by atoms with Crippen LogP contribution in [0.3, 0.4) is 0 Å². The van der Waals surface area contributed by atoms with Crippen molar-refractivity contribution in [3.8, 4) is 33.1 Å². The molecule has 0 fully saturated rings. The molecule has 6 rings (SSSR count). The van der Waals surface area contributed by atoms with Crippen LogP contribution in [-0.4, -0.2) is 41.4 Å². The molecular formula is C32H28ClN5O3S. The summed E-state index contributed by atoms with van der Waals surface area (Å²) in [6.07, 6.45) is 2.19. The molecule has 0 bridgehead atoms. The number of nitrogens with zero attached hydrogens (tertiary/aromatic N) is 5. The number of aliphatic carboxylic acids is 1. The predicted octanol–water partition coefficient (Wildman–Crippen LogP) is 7.88. The van der Waals surface area contributed by atoms with E-state index in [0.29, 0.717) is 21.3 Å². The summed E-state index contributed by atoms with van der Waals surface area (Å²) in [5.41, 5.74) is 6.45. The number of hydrogen-bond acceptors (Lipinski definition) is 7. The number of aromatic nitrogens is 5. The van der Waals surface area contributed by atoms with Crippen molar-refractivity contribution in [3.05, 3.63) is 83.3 Å². The van der Waals surface area contributed by atoms with Gasteiger partial charge in [-0.05, 0) is 75.2 Å². The number of benzene rings is 3. The van der Waals surface area contributed by atoms with E-state index in [1.807, 2.05) is 82.0 Å². The normalized spacial score (nSPS) is 12.7. The molecule has 3 aromatic heterocycles. The minimum absolute atomic E-state index is 0.591. The van der Waals surface area contributed by atoms with Gasteiger partial charge in [0, 0.05) is 34.1 Å². The van der Waals surface area contributed by atoms with Gasteiger partial charge in [0.2, 0.25) is 0 Å². The maximum Gasteiger partial charge on any atom is 0.337 e. The zero-order valence-corrected chi connectivity index (χ0v) is 25.3. The Morgan fingerprint density at radius 3 is 2.45 bits per heavy atom. The van der Waals surface area contributed by atoms with E-state index >= 15 is 0 Å². The smallest absolute Gasteiger partial charge is 0.337 e. The Bertz CT molecular complexity index is 1980. The fourth-order valence-corrected chi connectivity index (χ4v) is 6.32. The van der Waals surface area contributed by atoms with Crippen LogP contribution in [0, 0.1) is 6.92 Å². The molecule has 0 radical (unpaired) electrons. The highest BCUT2D eigenvalue weighted by Crippen LogP contribution is 2.44. The van der Waals surface area contributed by atoms with Crippen LogP contribution in [0.5, 0.6) is 0 Å². The van der Waals surface area contributed by atoms with Crippen molar-refractivity contribution in [1.82, 2.24) is 24.7 Å². The number of ether oxygens (including phenoxy) is 1. The number of hydrogen-bond donors (Lipinski definition) is 1. The highest BCUT2D eigenvalue weighted by molar-refractivity contribution is 7.22. The third kappa shape index (κ3) is 5.27. The van der Waals surface area contributed by atoms with Crippen molar-refractivity contribution < 1.29 is 14.6 Å². The molecule has 1 N–H and O–H groups in total. The van der Waals surface area contributed by atoms with Gasteiger partial charge >= 0.3 is 5.97 Å². The van der Waals surface area contributed by atoms with E-state index in [0.717, 1.165) is 49.1 Å². The summed E-state index contributed by atoms with van der Waals surface area (Å²) in [4.78, 5) is 26.6. The van der Waals surface area contributed by atoms with Gasteiger partial charge in [-0.15, -0.1) is 11.3 Å². The Kier molecular flexibility index (Phi) is 7.04. The molecule has 0 aliphatic carbocycles. The molecule has 42 heavy (non-hydrogen) atoms. The average molecular weight is 598 g/mol. The first-order chi connectivity index (χ1) is 20.0. The van der Waals surface area contributed by atoms with Crippen LogP contribution < -0.4 is 0 Å². The molecule has 3 aromatic carbocycles. The first-order valence-corrected chi connectivity index (χ1v) is 14.5. The highest BCUT2D eigenvalue weighted by Gasteiger charge is 2.32. The van der Waals surface area contributed by atoms with E-state index in [-0.39, 0.29) is 0 Å². The van der Waals surface area contributed by atoms with Gasteiger partial charge in [0.05, 0.1) is 33.2 Å². The number of rotatable bonds is 6. The zero-order chi connectivity index (χ0) is 29.8. The van der Waals surface area contributed by atoms with Crippen LogP contribution in [0.1, 0.15) is 38.0 Å². The molecule has 0 spiro atoms. The second-order valence-corrected chi connectivity index (χ2v) is 12.6. The van der Waals surface area contributed by atoms with Crippen LogP contribution in [0.25, 0.3) is 54.2 Å². The Hall–Kier alpha value is -4.18. The first-order valence-electron chi connectivity index (χ1n) is 13.3. The van der Waals surface area contributed by atoms with E-state index in [2.05, 4.69) is 21.1 Å². The lowest BCUT2D eigenvalue weighted by Gasteiger charge is -2.28. The quantitative estimate of drug-likeness (QED) is 0.208. The Labute approximate surface area is 251 Å². The number of carbonyl (C=O) groups is 1. The van der Waals surface area contributed by atoms with Crippen LogP contribution in [0.4, 0.5) is 0 Å². The fourth-order valence-electron chi connectivity index (χ4n) is 5.10. The number of carboxylic acids is 1. The zero-order valence-electron chi connectivity index (χ0n) is 23.7. The van der Waals surface area contributed by atoms with Gasteiger partial charge in [-0.2, -0.15) is 5.10 Å². The summed E-state index contributed by atoms with van der Waals surface area (Å²) >= 11 is 7.68. The van der Waals surface area contributed by atoms with Crippen molar-refractivity contribution in [2.45, 2.75) is 39.4 Å². The van der Waals surface area contributed by atoms with Crippen molar-refractivity contribution >= 4 is 50.0 Å². The van der Waals surface area contributed by atoms with Gasteiger partial charge in [0.1, 0.15) is 17.0 Å². The molecule has 0 amide bonds. The topological polar surface area (TPSA) is 103 Å². The standard InChI is InChI=1S/C32H28ClN5O3S/c1-17-12-23-29(27(18-6-9-21(33)10-7-18)26(17)28(31(39)40)41-32(2,3)4)42-30(37-23)24-14-22(34-16-35-24)19-8-11-25-20(13-19)15-36-38(25)5/h6-16,28H,1-5H3,(H,39,40)/t28-/m0/s1. The molecule has 0 unspecified atom stereocenters. The third-order valence-corrected chi connectivity index (χ3v) is 8.31. The van der Waals surface area contributed by atoms with Gasteiger partial charge in [0.15, 0.2) is 6.10 Å². The predicted molar refractivity (Wildman–Crippen MR) is 167 cm³/mol. The van der Waals surface area contributed by atoms with E-state index in [9.17, 15) is 9.90 Å². The summed E-state index contributed by atoms with van der Waals surface area (Å²) in [5.74, 6) is -1.06. The summed E-state index contributed by atoms with van der Waals surface area (Å²) in [6.45, 7) is 7.44. The summed E-state index contributed by atoms with van der Waals surface area (Å²) in [6, 6.07) is 17.3. The second kappa shape index (κ2) is 10.6. The van der Waals surface area contributed by atoms with Crippen LogP contribution >= 0.6 is 22.9 Å². The fraction of sp³-hybridized carbons (Fsp3) is 0.219. The van der Waals surface area contributed by atoms with Gasteiger partial charge in [-0.25, -0.2) is 19.7 Å². The van der Waals surface area contributed by atoms with Crippen molar-refractivity contribution in [2.75, 3.05) is 0 Å². The monoisotopic (exact) mass is 597 g/mol. The lowest BCUT2D eigenvalue weighted by atomic mass is 9.91. The average Bonchev–Trinajstić information content (AvgIpc) is 3.54. The molecule has 6 aromatic rings. The summed E-state index contributed by atoms with van der Waals surface area (Å²) < 4.78 is 8.80. The molecular weight excluding hydrogens is 570 g/mol. The number of aryl methyl sites for hydroxylation is 2. The van der Waals surface area contributed by atoms with Gasteiger partial charge in [-0.3, -0.25) is 4.68 Å². The summed E-state index contributed by atoms with van der Waals surface area (Å²) in [7, 11) is 1.91. The third-order valence-electron chi connectivity index (χ3n) is 6.95. The van der Waals surface area contributed by atoms with Crippen LogP contribution in [0.15, 0.2) is 67.1 Å². The molecule has 212 valence electrons. The van der Waals surface area contributed by atoms with Gasteiger partial charge in [-0.1, -0.05) is 29.8 Å². The molecule has 8 nitrogen and oxygen atoms in total. The van der Waals surface area contributed by atoms with Crippen molar-refractivity contribution in [1.29, 1.82) is 0 Å². The summed E-state index contributed by atoms with van der Waals surface area (Å²) in [5, 5.41) is 17.0. The number of fused-ring (bicyclic) bond motifs is 2. The molecule has 3 heterocycles. The number of carboxylic acid groups (broad SMARTS) is 1. The van der Waals surface area contributed by atoms with Crippen molar-refractivity contribution in [3.63, 3.8) is 0 Å². The maximum atomic E-state index is 12.6. The van der Waals surface area contributed by atoms with Crippen molar-refractivity contribution in [2.24, 2.45) is 7.05 Å². The Morgan fingerprint density at radius 2 is 1.74 bits per heavy atom.